The van der Waals surface area contributed by atoms with E-state index in [9.17, 15) is 0 Å². The van der Waals surface area contributed by atoms with Gasteiger partial charge in [0, 0.05) is 25.8 Å². The summed E-state index contributed by atoms with van der Waals surface area (Å²) in [5.74, 6) is 0. The Labute approximate surface area is 60.3 Å². The van der Waals surface area contributed by atoms with Gasteiger partial charge in [-0.1, -0.05) is 0 Å². The summed E-state index contributed by atoms with van der Waals surface area (Å²) in [5, 5.41) is 0. The van der Waals surface area contributed by atoms with Gasteiger partial charge in [0.25, 0.3) is 0 Å². The third kappa shape index (κ3) is 751. The van der Waals surface area contributed by atoms with Gasteiger partial charge in [0.1, 0.15) is 0 Å². The Kier molecular flexibility index (Phi) is 60.4. The maximum absolute atomic E-state index is 8.74. The van der Waals surface area contributed by atoms with Crippen molar-refractivity contribution >= 4 is 9.17 Å². The Balaban J connectivity index is -0.0000000150. The molecule has 0 rings (SSSR count). The van der Waals surface area contributed by atoms with Crippen molar-refractivity contribution in [1.29, 1.82) is 0 Å². The average molecular weight is 293 g/mol. The van der Waals surface area contributed by atoms with Crippen LogP contribution in [0.2, 0.25) is 0 Å². The molecule has 6 N–H and O–H groups in total. The molecule has 7 heteroatoms. The summed E-state index contributed by atoms with van der Waals surface area (Å²) in [6.45, 7) is 0. The molecule has 5 nitrogen and oxygen atoms in total. The molecule has 0 spiro atoms. The van der Waals surface area contributed by atoms with Crippen molar-refractivity contribution in [1.82, 2.24) is 0 Å². The molecule has 0 amide bonds. The Hall–Kier alpha value is 0.407. The van der Waals surface area contributed by atoms with Gasteiger partial charge in [-0.05, 0) is 0 Å². The second kappa shape index (κ2) is 16.1. The SMILES string of the molecule is O.O.O=[Si](O)O.[Hf]. The molecule has 0 aromatic rings. The second-order valence-electron chi connectivity index (χ2n) is 0.283. The molecule has 0 saturated heterocycles. The van der Waals surface area contributed by atoms with Crippen LogP contribution >= 0.6 is 0 Å². The molecule has 0 aliphatic rings. The smallest absolute Gasteiger partial charge is 0.511 e. The molecule has 0 unspecified atom stereocenters. The molecule has 0 atom stereocenters. The van der Waals surface area contributed by atoms with Crippen molar-refractivity contribution in [3.05, 3.63) is 0 Å². The molecule has 0 saturated carbocycles. The van der Waals surface area contributed by atoms with Crippen LogP contribution in [0.3, 0.4) is 0 Å². The summed E-state index contributed by atoms with van der Waals surface area (Å²) in [6.07, 6.45) is 0. The molecular formula is H6HfO5Si. The van der Waals surface area contributed by atoms with Gasteiger partial charge in [-0.2, -0.15) is 0 Å². The molecule has 0 aromatic heterocycles. The molecule has 0 heterocycles. The van der Waals surface area contributed by atoms with Gasteiger partial charge in [0.05, 0.1) is 0 Å². The molecular weight excluding hydrogens is 287 g/mol. The minimum absolute atomic E-state index is 0. The van der Waals surface area contributed by atoms with E-state index in [1.807, 2.05) is 0 Å². The van der Waals surface area contributed by atoms with Crippen LogP contribution in [0.4, 0.5) is 0 Å². The third-order valence-corrected chi connectivity index (χ3v) is 0. The van der Waals surface area contributed by atoms with E-state index in [0.29, 0.717) is 0 Å². The Morgan fingerprint density at radius 3 is 1.14 bits per heavy atom. The Bertz CT molecular complexity index is 31.1. The molecule has 44 valence electrons. The summed E-state index contributed by atoms with van der Waals surface area (Å²) in [5.41, 5.74) is 0. The zero-order valence-electron chi connectivity index (χ0n) is 3.30. The van der Waals surface area contributed by atoms with Crippen LogP contribution in [0.15, 0.2) is 0 Å². The van der Waals surface area contributed by atoms with Gasteiger partial charge in [-0.3, -0.25) is 4.46 Å². The molecule has 0 radical (unpaired) electrons. The first-order valence-corrected chi connectivity index (χ1v) is 1.95. The first-order valence-electron chi connectivity index (χ1n) is 0.651. The molecule has 0 fully saturated rings. The fourth-order valence-electron chi connectivity index (χ4n) is 0. The number of hydrogen-bond acceptors (Lipinski definition) is 1. The van der Waals surface area contributed by atoms with E-state index < -0.39 is 9.17 Å². The fourth-order valence-corrected chi connectivity index (χ4v) is 0. The van der Waals surface area contributed by atoms with Gasteiger partial charge in [-0.25, -0.2) is 0 Å². The van der Waals surface area contributed by atoms with E-state index in [1.165, 1.54) is 0 Å². The van der Waals surface area contributed by atoms with Crippen LogP contribution < -0.4 is 0 Å². The molecule has 0 aliphatic carbocycles. The first kappa shape index (κ1) is 26.2. The van der Waals surface area contributed by atoms with Gasteiger partial charge in [0.2, 0.25) is 0 Å². The van der Waals surface area contributed by atoms with Crippen LogP contribution in [0.1, 0.15) is 0 Å². The van der Waals surface area contributed by atoms with Crippen molar-refractivity contribution in [2.45, 2.75) is 0 Å². The topological polar surface area (TPSA) is 121 Å². The maximum atomic E-state index is 8.74. The molecule has 0 aromatic carbocycles. The van der Waals surface area contributed by atoms with Crippen LogP contribution in [0.5, 0.6) is 0 Å². The van der Waals surface area contributed by atoms with Crippen molar-refractivity contribution in [2.75, 3.05) is 0 Å². The summed E-state index contributed by atoms with van der Waals surface area (Å²) in [6, 6.07) is 0. The van der Waals surface area contributed by atoms with Crippen molar-refractivity contribution < 1.29 is 50.8 Å². The van der Waals surface area contributed by atoms with E-state index in [1.54, 1.807) is 0 Å². The van der Waals surface area contributed by atoms with Gasteiger partial charge >= 0.3 is 9.17 Å². The largest absolute Gasteiger partial charge is 0.761 e. The number of hydrogen-bond donors (Lipinski definition) is 2. The van der Waals surface area contributed by atoms with Crippen LogP contribution in [0.25, 0.3) is 0 Å². The standard InChI is InChI=1S/Hf.H2O3Si.2H2O/c;1-4(2)3;;/h;1-2H;2*1H2. The molecule has 7 heavy (non-hydrogen) atoms. The summed E-state index contributed by atoms with van der Waals surface area (Å²) in [7, 11) is -3.13. The van der Waals surface area contributed by atoms with E-state index in [2.05, 4.69) is 0 Å². The predicted octanol–water partition coefficient (Wildman–Crippen LogP) is -3.27. The molecule has 0 bridgehead atoms. The minimum atomic E-state index is -3.13. The Morgan fingerprint density at radius 2 is 1.14 bits per heavy atom. The van der Waals surface area contributed by atoms with Crippen molar-refractivity contribution in [2.24, 2.45) is 0 Å². The Morgan fingerprint density at radius 1 is 1.14 bits per heavy atom. The number of rotatable bonds is 0. The quantitative estimate of drug-likeness (QED) is 0.456. The normalized spacial score (nSPS) is 3.43. The predicted molar refractivity (Wildman–Crippen MR) is 18.1 cm³/mol. The van der Waals surface area contributed by atoms with E-state index in [4.69, 9.17) is 14.1 Å². The first-order chi connectivity index (χ1) is 1.73. The van der Waals surface area contributed by atoms with Crippen molar-refractivity contribution in [3.63, 3.8) is 0 Å². The van der Waals surface area contributed by atoms with E-state index in [-0.39, 0.29) is 36.8 Å². The van der Waals surface area contributed by atoms with Crippen molar-refractivity contribution in [3.8, 4) is 0 Å². The molecule has 0 aliphatic heterocycles. The monoisotopic (exact) mass is 294 g/mol. The van der Waals surface area contributed by atoms with Gasteiger partial charge < -0.3 is 20.5 Å². The average Bonchev–Trinajstić information content (AvgIpc) is 0.811. The zero-order chi connectivity index (χ0) is 3.58. The summed E-state index contributed by atoms with van der Waals surface area (Å²) >= 11 is 0. The van der Waals surface area contributed by atoms with E-state index >= 15 is 0 Å². The van der Waals surface area contributed by atoms with Gasteiger partial charge in [0.15, 0.2) is 0 Å². The fraction of sp³-hybridized carbons (Fsp3) is 0. The third-order valence-electron chi connectivity index (χ3n) is 0. The van der Waals surface area contributed by atoms with Gasteiger partial charge in [-0.15, -0.1) is 0 Å². The summed E-state index contributed by atoms with van der Waals surface area (Å²) < 4.78 is 8.74. The van der Waals surface area contributed by atoms with E-state index in [0.717, 1.165) is 0 Å². The van der Waals surface area contributed by atoms with Crippen LogP contribution in [-0.2, 0) is 30.3 Å². The van der Waals surface area contributed by atoms with Crippen LogP contribution in [0, 0.1) is 0 Å². The zero-order valence-corrected chi connectivity index (χ0v) is 7.90. The summed E-state index contributed by atoms with van der Waals surface area (Å²) in [4.78, 5) is 14.3. The minimum Gasteiger partial charge on any atom is -0.511 e. The second-order valence-corrected chi connectivity index (χ2v) is 0.848. The van der Waals surface area contributed by atoms with Crippen LogP contribution in [-0.4, -0.2) is 29.7 Å². The maximum Gasteiger partial charge on any atom is 0.761 e.